The molecule has 2 aromatic heterocycles. The van der Waals surface area contributed by atoms with E-state index >= 15 is 0 Å². The Kier molecular flexibility index (Phi) is 2.97. The zero-order valence-electron chi connectivity index (χ0n) is 12.7. The highest BCUT2D eigenvalue weighted by Crippen LogP contribution is 2.24. The second-order valence-corrected chi connectivity index (χ2v) is 5.72. The fraction of sp³-hybridized carbons (Fsp3) is 0.176. The highest BCUT2D eigenvalue weighted by molar-refractivity contribution is 5.98. The summed E-state index contributed by atoms with van der Waals surface area (Å²) in [5.41, 5.74) is 10.0. The van der Waals surface area contributed by atoms with Gasteiger partial charge < -0.3 is 10.6 Å². The van der Waals surface area contributed by atoms with E-state index in [0.717, 1.165) is 27.7 Å². The first-order valence-corrected chi connectivity index (χ1v) is 7.37. The molecule has 0 radical (unpaired) electrons. The molecule has 1 aromatic carbocycles. The van der Waals surface area contributed by atoms with Crippen LogP contribution in [-0.4, -0.2) is 25.8 Å². The van der Waals surface area contributed by atoms with Gasteiger partial charge in [0.05, 0.1) is 17.8 Å². The van der Waals surface area contributed by atoms with Crippen molar-refractivity contribution < 1.29 is 4.79 Å². The summed E-state index contributed by atoms with van der Waals surface area (Å²) in [5.74, 6) is 0.220. The van der Waals surface area contributed by atoms with E-state index in [-0.39, 0.29) is 11.9 Å². The summed E-state index contributed by atoms with van der Waals surface area (Å²) in [4.78, 5) is 27.1. The molecule has 3 aromatic rings. The van der Waals surface area contributed by atoms with Gasteiger partial charge in [0.2, 0.25) is 5.95 Å². The lowest BCUT2D eigenvalue weighted by Gasteiger charge is -2.15. The summed E-state index contributed by atoms with van der Waals surface area (Å²) in [5, 5.41) is 0.999. The van der Waals surface area contributed by atoms with E-state index in [2.05, 4.69) is 15.0 Å². The smallest absolute Gasteiger partial charge is 0.254 e. The lowest BCUT2D eigenvalue weighted by Crippen LogP contribution is -2.25. The molecular weight excluding hydrogens is 290 g/mol. The fourth-order valence-electron chi connectivity index (χ4n) is 2.91. The first-order valence-electron chi connectivity index (χ1n) is 7.37. The Morgan fingerprint density at radius 3 is 2.96 bits per heavy atom. The number of rotatable bonds is 1. The molecule has 3 heterocycles. The Morgan fingerprint density at radius 1 is 1.22 bits per heavy atom. The summed E-state index contributed by atoms with van der Waals surface area (Å²) >= 11 is 0. The number of anilines is 1. The zero-order chi connectivity index (χ0) is 16.0. The number of hydrogen-bond donors (Lipinski definition) is 1. The van der Waals surface area contributed by atoms with Crippen molar-refractivity contribution in [3.8, 4) is 0 Å². The minimum absolute atomic E-state index is 0.0216. The van der Waals surface area contributed by atoms with Gasteiger partial charge in [-0.3, -0.25) is 9.78 Å². The van der Waals surface area contributed by atoms with Crippen LogP contribution in [0, 0.1) is 6.92 Å². The molecule has 0 saturated heterocycles. The quantitative estimate of drug-likeness (QED) is 0.744. The number of nitrogen functional groups attached to an aromatic ring is 1. The van der Waals surface area contributed by atoms with E-state index in [9.17, 15) is 4.79 Å². The first-order chi connectivity index (χ1) is 11.1. The van der Waals surface area contributed by atoms with Gasteiger partial charge in [0, 0.05) is 35.5 Å². The average molecular weight is 305 g/mol. The number of amides is 1. The Labute approximate surface area is 133 Å². The third-order valence-electron chi connectivity index (χ3n) is 4.17. The normalized spacial score (nSPS) is 13.3. The van der Waals surface area contributed by atoms with E-state index in [0.29, 0.717) is 18.7 Å². The molecule has 114 valence electrons. The van der Waals surface area contributed by atoms with E-state index in [1.807, 2.05) is 31.2 Å². The molecule has 1 aliphatic rings. The van der Waals surface area contributed by atoms with Crippen LogP contribution in [0.2, 0.25) is 0 Å². The average Bonchev–Trinajstić information content (AvgIpc) is 2.97. The predicted octanol–water partition coefficient (Wildman–Crippen LogP) is 2.07. The van der Waals surface area contributed by atoms with E-state index in [1.165, 1.54) is 0 Å². The molecule has 4 rings (SSSR count). The number of carbonyl (C=O) groups is 1. The van der Waals surface area contributed by atoms with Gasteiger partial charge in [0.1, 0.15) is 0 Å². The number of carbonyl (C=O) groups excluding carboxylic acids is 1. The molecule has 0 fully saturated rings. The van der Waals surface area contributed by atoms with Crippen molar-refractivity contribution in [3.63, 3.8) is 0 Å². The minimum Gasteiger partial charge on any atom is -0.368 e. The van der Waals surface area contributed by atoms with Gasteiger partial charge in [-0.05, 0) is 36.8 Å². The highest BCUT2D eigenvalue weighted by atomic mass is 16.2. The molecule has 0 bridgehead atoms. The topological polar surface area (TPSA) is 85.0 Å². The van der Waals surface area contributed by atoms with Crippen molar-refractivity contribution in [1.29, 1.82) is 0 Å². The molecular formula is C17H15N5O. The number of benzene rings is 1. The van der Waals surface area contributed by atoms with E-state index < -0.39 is 0 Å². The molecule has 6 nitrogen and oxygen atoms in total. The van der Waals surface area contributed by atoms with Crippen LogP contribution in [0.4, 0.5) is 5.95 Å². The van der Waals surface area contributed by atoms with Crippen LogP contribution in [0.3, 0.4) is 0 Å². The Balaban J connectivity index is 1.67. The standard InChI is InChI=1S/C17H15N5O/c1-10-4-5-19-14-3-2-11(6-13(10)14)16(23)22-8-12-7-20-17(18)21-15(12)9-22/h2-7H,8-9H2,1H3,(H2,18,20,21). The molecule has 0 spiro atoms. The van der Waals surface area contributed by atoms with Gasteiger partial charge in [-0.25, -0.2) is 9.97 Å². The summed E-state index contributed by atoms with van der Waals surface area (Å²) in [6.07, 6.45) is 3.47. The predicted molar refractivity (Wildman–Crippen MR) is 86.5 cm³/mol. The van der Waals surface area contributed by atoms with E-state index in [1.54, 1.807) is 17.3 Å². The number of fused-ring (bicyclic) bond motifs is 2. The summed E-state index contributed by atoms with van der Waals surface area (Å²) < 4.78 is 0. The van der Waals surface area contributed by atoms with Crippen molar-refractivity contribution in [3.05, 3.63) is 59.0 Å². The van der Waals surface area contributed by atoms with Crippen LogP contribution < -0.4 is 5.73 Å². The third-order valence-corrected chi connectivity index (χ3v) is 4.17. The van der Waals surface area contributed by atoms with Crippen LogP contribution >= 0.6 is 0 Å². The van der Waals surface area contributed by atoms with Gasteiger partial charge in [-0.1, -0.05) is 0 Å². The summed E-state index contributed by atoms with van der Waals surface area (Å²) in [6, 6.07) is 7.56. The molecule has 0 aliphatic carbocycles. The van der Waals surface area contributed by atoms with Crippen molar-refractivity contribution in [2.24, 2.45) is 0 Å². The van der Waals surface area contributed by atoms with Crippen molar-refractivity contribution in [1.82, 2.24) is 19.9 Å². The summed E-state index contributed by atoms with van der Waals surface area (Å²) in [7, 11) is 0. The van der Waals surface area contributed by atoms with Gasteiger partial charge in [-0.15, -0.1) is 0 Å². The second-order valence-electron chi connectivity index (χ2n) is 5.72. The molecule has 6 heteroatoms. The maximum Gasteiger partial charge on any atom is 0.254 e. The van der Waals surface area contributed by atoms with Gasteiger partial charge in [-0.2, -0.15) is 0 Å². The number of nitrogens with two attached hydrogens (primary N) is 1. The molecule has 23 heavy (non-hydrogen) atoms. The number of hydrogen-bond acceptors (Lipinski definition) is 5. The van der Waals surface area contributed by atoms with Crippen molar-refractivity contribution in [2.45, 2.75) is 20.0 Å². The summed E-state index contributed by atoms with van der Waals surface area (Å²) in [6.45, 7) is 2.99. The largest absolute Gasteiger partial charge is 0.368 e. The van der Waals surface area contributed by atoms with Crippen molar-refractivity contribution in [2.75, 3.05) is 5.73 Å². The monoisotopic (exact) mass is 305 g/mol. The maximum absolute atomic E-state index is 12.8. The minimum atomic E-state index is -0.0216. The Morgan fingerprint density at radius 2 is 2.09 bits per heavy atom. The lowest BCUT2D eigenvalue weighted by molar-refractivity contribution is 0.0750. The number of aryl methyl sites for hydroxylation is 1. The third kappa shape index (κ3) is 2.28. The number of pyridine rings is 1. The van der Waals surface area contributed by atoms with Crippen LogP contribution in [-0.2, 0) is 13.1 Å². The Hall–Kier alpha value is -3.02. The SMILES string of the molecule is Cc1ccnc2ccc(C(=O)N3Cc4cnc(N)nc4C3)cc12. The van der Waals surface area contributed by atoms with Crippen LogP contribution in [0.5, 0.6) is 0 Å². The maximum atomic E-state index is 12.8. The molecule has 0 unspecified atom stereocenters. The van der Waals surface area contributed by atoms with Gasteiger partial charge in [0.15, 0.2) is 0 Å². The van der Waals surface area contributed by atoms with Crippen LogP contribution in [0.15, 0.2) is 36.7 Å². The van der Waals surface area contributed by atoms with E-state index in [4.69, 9.17) is 5.73 Å². The van der Waals surface area contributed by atoms with Gasteiger partial charge in [0.25, 0.3) is 5.91 Å². The molecule has 0 atom stereocenters. The van der Waals surface area contributed by atoms with Crippen LogP contribution in [0.25, 0.3) is 10.9 Å². The van der Waals surface area contributed by atoms with Gasteiger partial charge >= 0.3 is 0 Å². The second kappa shape index (κ2) is 5.01. The fourth-order valence-corrected chi connectivity index (χ4v) is 2.91. The molecule has 2 N–H and O–H groups in total. The van der Waals surface area contributed by atoms with Crippen LogP contribution in [0.1, 0.15) is 27.2 Å². The highest BCUT2D eigenvalue weighted by Gasteiger charge is 2.26. The first kappa shape index (κ1) is 13.6. The Bertz CT molecular complexity index is 937. The molecule has 1 aliphatic heterocycles. The number of aromatic nitrogens is 3. The zero-order valence-corrected chi connectivity index (χ0v) is 12.7. The van der Waals surface area contributed by atoms with Crippen molar-refractivity contribution >= 4 is 22.8 Å². The number of nitrogens with zero attached hydrogens (tertiary/aromatic N) is 4. The molecule has 1 amide bonds. The molecule has 0 saturated carbocycles. The lowest BCUT2D eigenvalue weighted by atomic mass is 10.1.